The van der Waals surface area contributed by atoms with E-state index in [0.29, 0.717) is 0 Å². The Morgan fingerprint density at radius 2 is 2.06 bits per heavy atom. The summed E-state index contributed by atoms with van der Waals surface area (Å²) in [5.41, 5.74) is 3.37. The van der Waals surface area contributed by atoms with Crippen molar-refractivity contribution in [3.63, 3.8) is 0 Å². The Balaban J connectivity index is 2.26. The summed E-state index contributed by atoms with van der Waals surface area (Å²) < 4.78 is 0. The third-order valence-electron chi connectivity index (χ3n) is 2.30. The molecule has 0 atom stereocenters. The average Bonchev–Trinajstić information content (AvgIpc) is 2.79. The molecule has 1 aromatic carbocycles. The fourth-order valence-electron chi connectivity index (χ4n) is 1.53. The molecule has 1 aromatic heterocycles. The Hall–Kier alpha value is -1.35. The van der Waals surface area contributed by atoms with Crippen LogP contribution in [0.25, 0.3) is 17.3 Å². The summed E-state index contributed by atoms with van der Waals surface area (Å²) in [7, 11) is 0. The Morgan fingerprint density at radius 3 is 2.81 bits per heavy atom. The van der Waals surface area contributed by atoms with Crippen LogP contribution in [0.4, 0.5) is 0 Å². The van der Waals surface area contributed by atoms with Gasteiger partial charge in [0.1, 0.15) is 0 Å². The summed E-state index contributed by atoms with van der Waals surface area (Å²) in [4.78, 5) is 0. The summed E-state index contributed by atoms with van der Waals surface area (Å²) in [5, 5.41) is 8.11. The van der Waals surface area contributed by atoms with Gasteiger partial charge in [-0.05, 0) is 6.42 Å². The maximum Gasteiger partial charge on any atom is 0.0722 e. The molecule has 0 aliphatic rings. The number of rotatable bonds is 4. The van der Waals surface area contributed by atoms with Crippen molar-refractivity contribution in [1.82, 2.24) is 10.2 Å². The summed E-state index contributed by atoms with van der Waals surface area (Å²) in [6.07, 6.45) is 7.13. The number of nitrogens with one attached hydrogen (secondary N) is 1. The minimum atomic E-state index is 0.988. The molecule has 1 heterocycles. The Labute approximate surface area is 104 Å². The van der Waals surface area contributed by atoms with Crippen LogP contribution in [0, 0.1) is 0 Å². The van der Waals surface area contributed by atoms with Gasteiger partial charge in [-0.3, -0.25) is 5.10 Å². The fourth-order valence-corrected chi connectivity index (χ4v) is 1.80. The van der Waals surface area contributed by atoms with E-state index in [1.54, 1.807) is 0 Å². The number of hydrogen-bond acceptors (Lipinski definition) is 1. The van der Waals surface area contributed by atoms with E-state index in [0.717, 1.165) is 23.0 Å². The molecule has 2 nitrogen and oxygen atoms in total. The summed E-state index contributed by atoms with van der Waals surface area (Å²) >= 11 is 3.40. The van der Waals surface area contributed by atoms with Gasteiger partial charge in [0.2, 0.25) is 0 Å². The smallest absolute Gasteiger partial charge is 0.0722 e. The number of halogens is 1. The van der Waals surface area contributed by atoms with E-state index in [-0.39, 0.29) is 0 Å². The Bertz CT molecular complexity index is 460. The molecule has 0 saturated carbocycles. The molecule has 2 aromatic rings. The van der Waals surface area contributed by atoms with Crippen molar-refractivity contribution < 1.29 is 0 Å². The molecule has 0 radical (unpaired) electrons. The van der Waals surface area contributed by atoms with Crippen LogP contribution in [0.1, 0.15) is 12.0 Å². The first-order chi connectivity index (χ1) is 7.92. The van der Waals surface area contributed by atoms with Crippen molar-refractivity contribution in [2.75, 3.05) is 5.33 Å². The van der Waals surface area contributed by atoms with E-state index in [1.165, 1.54) is 5.56 Å². The standard InChI is InChI=1S/C13H13BrN2/c14-9-5-4-8-12-10-15-16-13(12)11-6-2-1-3-7-11/h1-4,6-8,10H,5,9H2,(H,15,16). The molecule has 1 N–H and O–H groups in total. The zero-order valence-corrected chi connectivity index (χ0v) is 10.4. The highest BCUT2D eigenvalue weighted by Crippen LogP contribution is 2.21. The van der Waals surface area contributed by atoms with Crippen molar-refractivity contribution in [3.05, 3.63) is 48.2 Å². The second kappa shape index (κ2) is 5.66. The van der Waals surface area contributed by atoms with Crippen LogP contribution in [0.3, 0.4) is 0 Å². The first-order valence-corrected chi connectivity index (χ1v) is 6.35. The van der Waals surface area contributed by atoms with E-state index >= 15 is 0 Å². The molecule has 0 aliphatic carbocycles. The van der Waals surface area contributed by atoms with Crippen LogP contribution in [0.15, 0.2) is 42.6 Å². The Kier molecular flexibility index (Phi) is 3.94. The molecule has 16 heavy (non-hydrogen) atoms. The van der Waals surface area contributed by atoms with Gasteiger partial charge in [-0.15, -0.1) is 0 Å². The lowest BCUT2D eigenvalue weighted by Crippen LogP contribution is -1.80. The van der Waals surface area contributed by atoms with E-state index in [4.69, 9.17) is 0 Å². The largest absolute Gasteiger partial charge is 0.277 e. The first-order valence-electron chi connectivity index (χ1n) is 5.23. The van der Waals surface area contributed by atoms with Gasteiger partial charge in [-0.1, -0.05) is 58.4 Å². The maximum absolute atomic E-state index is 4.09. The van der Waals surface area contributed by atoms with Gasteiger partial charge < -0.3 is 0 Å². The van der Waals surface area contributed by atoms with Gasteiger partial charge in [-0.25, -0.2) is 0 Å². The number of H-pyrrole nitrogens is 1. The predicted molar refractivity (Wildman–Crippen MR) is 71.5 cm³/mol. The molecule has 3 heteroatoms. The molecule has 0 spiro atoms. The minimum Gasteiger partial charge on any atom is -0.277 e. The van der Waals surface area contributed by atoms with Gasteiger partial charge in [0.15, 0.2) is 0 Å². The number of nitrogens with zero attached hydrogens (tertiary/aromatic N) is 1. The quantitative estimate of drug-likeness (QED) is 0.844. The predicted octanol–water partition coefficient (Wildman–Crippen LogP) is 3.87. The van der Waals surface area contributed by atoms with Crippen molar-refractivity contribution in [1.29, 1.82) is 0 Å². The minimum absolute atomic E-state index is 0.988. The van der Waals surface area contributed by atoms with E-state index in [9.17, 15) is 0 Å². The molecule has 2 rings (SSSR count). The van der Waals surface area contributed by atoms with E-state index in [2.05, 4.69) is 50.4 Å². The molecular formula is C13H13BrN2. The highest BCUT2D eigenvalue weighted by molar-refractivity contribution is 9.09. The van der Waals surface area contributed by atoms with Gasteiger partial charge in [0.25, 0.3) is 0 Å². The molecule has 0 amide bonds. The number of allylic oxidation sites excluding steroid dienone is 1. The molecule has 82 valence electrons. The lowest BCUT2D eigenvalue weighted by atomic mass is 10.1. The topological polar surface area (TPSA) is 28.7 Å². The number of hydrogen-bond donors (Lipinski definition) is 1. The van der Waals surface area contributed by atoms with Crippen LogP contribution in [-0.4, -0.2) is 15.5 Å². The molecule has 0 aliphatic heterocycles. The second-order valence-electron chi connectivity index (χ2n) is 3.45. The third-order valence-corrected chi connectivity index (χ3v) is 2.76. The molecular weight excluding hydrogens is 264 g/mol. The number of aromatic amines is 1. The monoisotopic (exact) mass is 276 g/mol. The van der Waals surface area contributed by atoms with Crippen molar-refractivity contribution in [3.8, 4) is 11.3 Å². The highest BCUT2D eigenvalue weighted by Gasteiger charge is 2.03. The van der Waals surface area contributed by atoms with Crippen LogP contribution in [-0.2, 0) is 0 Å². The van der Waals surface area contributed by atoms with Crippen molar-refractivity contribution in [2.45, 2.75) is 6.42 Å². The molecule has 0 unspecified atom stereocenters. The maximum atomic E-state index is 4.09. The lowest BCUT2D eigenvalue weighted by Gasteiger charge is -1.98. The second-order valence-corrected chi connectivity index (χ2v) is 4.24. The molecule has 0 bridgehead atoms. The summed E-state index contributed by atoms with van der Waals surface area (Å²) in [6, 6.07) is 10.2. The number of aromatic nitrogens is 2. The van der Waals surface area contributed by atoms with Crippen molar-refractivity contribution in [2.24, 2.45) is 0 Å². The van der Waals surface area contributed by atoms with Crippen LogP contribution in [0.5, 0.6) is 0 Å². The van der Waals surface area contributed by atoms with E-state index < -0.39 is 0 Å². The average molecular weight is 277 g/mol. The summed E-state index contributed by atoms with van der Waals surface area (Å²) in [5.74, 6) is 0. The molecule has 0 fully saturated rings. The van der Waals surface area contributed by atoms with Crippen LogP contribution >= 0.6 is 15.9 Å². The van der Waals surface area contributed by atoms with Gasteiger partial charge in [0, 0.05) is 16.5 Å². The zero-order valence-electron chi connectivity index (χ0n) is 8.86. The third kappa shape index (κ3) is 2.61. The zero-order chi connectivity index (χ0) is 11.2. The van der Waals surface area contributed by atoms with Gasteiger partial charge in [0.05, 0.1) is 11.9 Å². The van der Waals surface area contributed by atoms with Gasteiger partial charge >= 0.3 is 0 Å². The fraction of sp³-hybridized carbons (Fsp3) is 0.154. The summed E-state index contributed by atoms with van der Waals surface area (Å²) in [6.45, 7) is 0. The lowest BCUT2D eigenvalue weighted by molar-refractivity contribution is 1.10. The first kappa shape index (κ1) is 11.1. The number of benzene rings is 1. The Morgan fingerprint density at radius 1 is 1.25 bits per heavy atom. The number of alkyl halides is 1. The molecule has 0 saturated heterocycles. The van der Waals surface area contributed by atoms with Crippen LogP contribution < -0.4 is 0 Å². The highest BCUT2D eigenvalue weighted by atomic mass is 79.9. The van der Waals surface area contributed by atoms with Crippen molar-refractivity contribution >= 4 is 22.0 Å². The SMILES string of the molecule is BrCCC=Cc1cn[nH]c1-c1ccccc1. The normalized spacial score (nSPS) is 11.1. The van der Waals surface area contributed by atoms with Gasteiger partial charge in [-0.2, -0.15) is 5.10 Å². The van der Waals surface area contributed by atoms with Crippen LogP contribution in [0.2, 0.25) is 0 Å². The van der Waals surface area contributed by atoms with E-state index in [1.807, 2.05) is 24.4 Å².